The standard InChI is InChI=1S/C17H17NO6/c1-23-13-9-15(20)17(16(10-13)24-2)14(19)7-6-11-4-3-5-12(8-11)18(21)22/h3-10,18,20-21H,1-2H3. The predicted molar refractivity (Wildman–Crippen MR) is 86.8 cm³/mol. The number of rotatable bonds is 6. The Bertz CT molecular complexity index is 770. The fourth-order valence-electron chi connectivity index (χ4n) is 2.13. The molecule has 0 aliphatic carbocycles. The maximum atomic E-state index is 12.4. The second kappa shape index (κ2) is 7.60. The summed E-state index contributed by atoms with van der Waals surface area (Å²) in [6.45, 7) is 0. The molecular weight excluding hydrogens is 314 g/mol. The molecule has 126 valence electrons. The van der Waals surface area contributed by atoms with Gasteiger partial charge in [-0.05, 0) is 11.6 Å². The van der Waals surface area contributed by atoms with E-state index in [1.54, 1.807) is 12.1 Å². The highest BCUT2D eigenvalue weighted by Gasteiger charge is 2.17. The Morgan fingerprint density at radius 2 is 1.96 bits per heavy atom. The van der Waals surface area contributed by atoms with E-state index in [2.05, 4.69) is 0 Å². The van der Waals surface area contributed by atoms with Gasteiger partial charge in [0.05, 0.1) is 14.2 Å². The van der Waals surface area contributed by atoms with Crippen molar-refractivity contribution in [1.82, 2.24) is 0 Å². The largest absolute Gasteiger partial charge is 0.595 e. The molecule has 1 unspecified atom stereocenters. The SMILES string of the molecule is COc1cc(O)c(C(=O)C=Cc2cccc([NH+]([O-])O)c2)c(OC)c1. The number of carbonyl (C=O) groups excluding carboxylic acids is 1. The van der Waals surface area contributed by atoms with Crippen molar-refractivity contribution >= 4 is 17.5 Å². The molecule has 0 saturated heterocycles. The average molecular weight is 331 g/mol. The number of aromatic hydroxyl groups is 1. The lowest BCUT2D eigenvalue weighted by Crippen LogP contribution is -2.99. The minimum absolute atomic E-state index is 0.00365. The van der Waals surface area contributed by atoms with Gasteiger partial charge in [0.1, 0.15) is 22.8 Å². The second-order valence-corrected chi connectivity index (χ2v) is 4.85. The summed E-state index contributed by atoms with van der Waals surface area (Å²) in [5.74, 6) is -0.201. The minimum atomic E-state index is -1.05. The number of phenolic OH excluding ortho intramolecular Hbond substituents is 1. The molecule has 2 aromatic rings. The van der Waals surface area contributed by atoms with Crippen LogP contribution in [-0.2, 0) is 0 Å². The number of nitrogens with one attached hydrogen (secondary N) is 1. The molecule has 0 aliphatic rings. The van der Waals surface area contributed by atoms with Crippen LogP contribution < -0.4 is 14.7 Å². The van der Waals surface area contributed by atoms with Gasteiger partial charge in [-0.25, -0.2) is 5.21 Å². The molecule has 0 aliphatic heterocycles. The van der Waals surface area contributed by atoms with E-state index in [1.165, 1.54) is 50.6 Å². The van der Waals surface area contributed by atoms with E-state index in [9.17, 15) is 15.1 Å². The van der Waals surface area contributed by atoms with Gasteiger partial charge in [-0.3, -0.25) is 4.79 Å². The molecule has 0 saturated carbocycles. The first kappa shape index (κ1) is 17.5. The lowest BCUT2D eigenvalue weighted by Gasteiger charge is -2.11. The number of benzene rings is 2. The first-order chi connectivity index (χ1) is 11.5. The van der Waals surface area contributed by atoms with Crippen molar-refractivity contribution < 1.29 is 29.8 Å². The molecule has 0 aromatic heterocycles. The molecule has 0 spiro atoms. The van der Waals surface area contributed by atoms with Crippen LogP contribution in [0.3, 0.4) is 0 Å². The molecular formula is C17H17NO6. The van der Waals surface area contributed by atoms with Crippen molar-refractivity contribution in [3.8, 4) is 17.2 Å². The van der Waals surface area contributed by atoms with Crippen molar-refractivity contribution in [1.29, 1.82) is 0 Å². The second-order valence-electron chi connectivity index (χ2n) is 4.85. The zero-order valence-electron chi connectivity index (χ0n) is 13.1. The summed E-state index contributed by atoms with van der Waals surface area (Å²) >= 11 is 0. The first-order valence-electron chi connectivity index (χ1n) is 6.97. The summed E-state index contributed by atoms with van der Waals surface area (Å²) in [5.41, 5.74) is 0.675. The lowest BCUT2D eigenvalue weighted by atomic mass is 10.1. The van der Waals surface area contributed by atoms with E-state index < -0.39 is 11.0 Å². The van der Waals surface area contributed by atoms with Crippen molar-refractivity contribution in [2.75, 3.05) is 14.2 Å². The molecule has 0 heterocycles. The van der Waals surface area contributed by atoms with Gasteiger partial charge < -0.3 is 19.8 Å². The van der Waals surface area contributed by atoms with Crippen molar-refractivity contribution in [3.63, 3.8) is 0 Å². The highest BCUT2D eigenvalue weighted by Crippen LogP contribution is 2.33. The van der Waals surface area contributed by atoms with Gasteiger partial charge in [0.2, 0.25) is 0 Å². The molecule has 7 nitrogen and oxygen atoms in total. The molecule has 3 N–H and O–H groups in total. The van der Waals surface area contributed by atoms with Crippen molar-refractivity contribution in [2.24, 2.45) is 0 Å². The number of hydrogen-bond donors (Lipinski definition) is 3. The number of ether oxygens (including phenoxy) is 2. The highest BCUT2D eigenvalue weighted by molar-refractivity contribution is 6.10. The van der Waals surface area contributed by atoms with Crippen molar-refractivity contribution in [3.05, 3.63) is 58.8 Å². The van der Waals surface area contributed by atoms with Gasteiger partial charge in [-0.15, -0.1) is 0 Å². The number of ketones is 1. The summed E-state index contributed by atoms with van der Waals surface area (Å²) < 4.78 is 10.1. The van der Waals surface area contributed by atoms with Crippen LogP contribution in [0.4, 0.5) is 5.69 Å². The number of quaternary nitrogens is 1. The van der Waals surface area contributed by atoms with Gasteiger partial charge in [-0.2, -0.15) is 5.23 Å². The third kappa shape index (κ3) is 3.90. The zero-order valence-corrected chi connectivity index (χ0v) is 13.1. The van der Waals surface area contributed by atoms with Gasteiger partial charge in [0.25, 0.3) is 0 Å². The van der Waals surface area contributed by atoms with Gasteiger partial charge in [-0.1, -0.05) is 18.2 Å². The van der Waals surface area contributed by atoms with E-state index in [0.717, 1.165) is 0 Å². The van der Waals surface area contributed by atoms with Gasteiger partial charge >= 0.3 is 0 Å². The zero-order chi connectivity index (χ0) is 17.7. The molecule has 24 heavy (non-hydrogen) atoms. The van der Waals surface area contributed by atoms with Crippen LogP contribution in [0.15, 0.2) is 42.5 Å². The number of methoxy groups -OCH3 is 2. The minimum Gasteiger partial charge on any atom is -0.595 e. The van der Waals surface area contributed by atoms with Crippen LogP contribution in [-0.4, -0.2) is 30.3 Å². The van der Waals surface area contributed by atoms with Crippen LogP contribution in [0.5, 0.6) is 17.2 Å². The maximum absolute atomic E-state index is 12.4. The first-order valence-corrected chi connectivity index (χ1v) is 6.97. The summed E-state index contributed by atoms with van der Waals surface area (Å²) in [4.78, 5) is 12.4. The van der Waals surface area contributed by atoms with Crippen molar-refractivity contribution in [2.45, 2.75) is 0 Å². The Labute approximate surface area is 138 Å². The van der Waals surface area contributed by atoms with E-state index in [0.29, 0.717) is 11.3 Å². The molecule has 0 amide bonds. The van der Waals surface area contributed by atoms with Gasteiger partial charge in [0, 0.05) is 24.3 Å². The Kier molecular flexibility index (Phi) is 5.54. The lowest BCUT2D eigenvalue weighted by molar-refractivity contribution is -0.991. The highest BCUT2D eigenvalue weighted by atomic mass is 16.8. The van der Waals surface area contributed by atoms with Crippen LogP contribution in [0, 0.1) is 5.21 Å². The Morgan fingerprint density at radius 1 is 1.21 bits per heavy atom. The average Bonchev–Trinajstić information content (AvgIpc) is 2.58. The molecule has 0 radical (unpaired) electrons. The number of hydrogen-bond acceptors (Lipinski definition) is 6. The quantitative estimate of drug-likeness (QED) is 0.423. The predicted octanol–water partition coefficient (Wildman–Crippen LogP) is 1.71. The van der Waals surface area contributed by atoms with E-state index in [4.69, 9.17) is 14.7 Å². The van der Waals surface area contributed by atoms with E-state index in [-0.39, 0.29) is 22.7 Å². The Morgan fingerprint density at radius 3 is 2.58 bits per heavy atom. The topological polar surface area (TPSA) is 103 Å². The van der Waals surface area contributed by atoms with E-state index >= 15 is 0 Å². The van der Waals surface area contributed by atoms with Crippen LogP contribution in [0.25, 0.3) is 6.08 Å². The van der Waals surface area contributed by atoms with Crippen LogP contribution >= 0.6 is 0 Å². The summed E-state index contributed by atoms with van der Waals surface area (Å²) in [5, 5.41) is 28.9. The normalized spacial score (nSPS) is 12.2. The smallest absolute Gasteiger partial charge is 0.193 e. The third-order valence-corrected chi connectivity index (χ3v) is 3.32. The summed E-state index contributed by atoms with van der Waals surface area (Å²) in [6, 6.07) is 8.96. The summed E-state index contributed by atoms with van der Waals surface area (Å²) in [7, 11) is 2.82. The molecule has 2 rings (SSSR count). The molecule has 2 aromatic carbocycles. The van der Waals surface area contributed by atoms with Crippen LogP contribution in [0.2, 0.25) is 0 Å². The third-order valence-electron chi connectivity index (χ3n) is 3.32. The molecule has 0 bridgehead atoms. The van der Waals surface area contributed by atoms with Gasteiger partial charge in [0.15, 0.2) is 11.5 Å². The Hall–Kier alpha value is -2.87. The maximum Gasteiger partial charge on any atom is 0.193 e. The van der Waals surface area contributed by atoms with E-state index in [1.807, 2.05) is 0 Å². The fraction of sp³-hybridized carbons (Fsp3) is 0.118. The number of allylic oxidation sites excluding steroid dienone is 1. The molecule has 0 fully saturated rings. The number of carbonyl (C=O) groups is 1. The molecule has 1 atom stereocenters. The number of phenols is 1. The Balaban J connectivity index is 2.31. The fourth-order valence-corrected chi connectivity index (χ4v) is 2.13. The molecule has 7 heteroatoms. The monoisotopic (exact) mass is 331 g/mol. The summed E-state index contributed by atoms with van der Waals surface area (Å²) in [6.07, 6.45) is 2.71. The van der Waals surface area contributed by atoms with Crippen LogP contribution in [0.1, 0.15) is 15.9 Å².